The number of rotatable bonds is 10. The zero-order valence-electron chi connectivity index (χ0n) is 22.1. The number of amides is 1. The van der Waals surface area contributed by atoms with Gasteiger partial charge in [0.15, 0.2) is 0 Å². The molecule has 2 fully saturated rings. The maximum Gasteiger partial charge on any atom is 0.417 e. The Hall–Kier alpha value is -3.79. The third-order valence-corrected chi connectivity index (χ3v) is 7.32. The second-order valence-corrected chi connectivity index (χ2v) is 10.3. The molecule has 0 spiro atoms. The molecule has 10 heteroatoms. The highest BCUT2D eigenvalue weighted by atomic mass is 19.4. The number of carbonyl (C=O) groups is 1. The maximum atomic E-state index is 13.7. The van der Waals surface area contributed by atoms with Crippen molar-refractivity contribution < 1.29 is 18.0 Å². The van der Waals surface area contributed by atoms with E-state index in [9.17, 15) is 18.0 Å². The van der Waals surface area contributed by atoms with Gasteiger partial charge in [-0.05, 0) is 70.1 Å². The van der Waals surface area contributed by atoms with Crippen molar-refractivity contribution in [3.63, 3.8) is 0 Å². The van der Waals surface area contributed by atoms with Crippen LogP contribution in [0.2, 0.25) is 0 Å². The molecule has 1 aliphatic carbocycles. The van der Waals surface area contributed by atoms with Gasteiger partial charge in [0.1, 0.15) is 5.82 Å². The lowest BCUT2D eigenvalue weighted by Gasteiger charge is -2.37. The number of benzene rings is 1. The number of allylic oxidation sites excluding steroid dienone is 1. The molecular formula is C29H35F3N6O. The van der Waals surface area contributed by atoms with Gasteiger partial charge in [-0.2, -0.15) is 13.2 Å². The van der Waals surface area contributed by atoms with E-state index in [1.807, 2.05) is 6.07 Å². The standard InChI is InChI=1S/C29H35F3N6O/c1-5-24-25(18(3)34-20-9-11-38(4)12-10-20)16-26(37-27(24)17(2)29(30,31)32)36-23-14-22(15-23)35-21-8-6-7-19(13-21)28(33)39/h5-8,13,16,20,22-23,34-35H,1-3,9-12,14-15H2,4H3,(H2,33,39)(H,36,37). The Balaban J connectivity index is 1.51. The fourth-order valence-electron chi connectivity index (χ4n) is 4.99. The highest BCUT2D eigenvalue weighted by Gasteiger charge is 2.36. The molecule has 0 atom stereocenters. The molecule has 0 bridgehead atoms. The molecule has 208 valence electrons. The number of aromatic nitrogens is 1. The van der Waals surface area contributed by atoms with Crippen LogP contribution in [0.5, 0.6) is 0 Å². The monoisotopic (exact) mass is 540 g/mol. The van der Waals surface area contributed by atoms with Crippen molar-refractivity contribution in [1.29, 1.82) is 0 Å². The SMILES string of the molecule is C=Cc1c(C(=C)NC2CCN(C)CC2)cc(NC2CC(Nc3cccc(C(N)=O)c3)C2)nc1C(=C)C(F)(F)F. The largest absolute Gasteiger partial charge is 0.417 e. The summed E-state index contributed by atoms with van der Waals surface area (Å²) in [6, 6.07) is 8.99. The molecular weight excluding hydrogens is 505 g/mol. The van der Waals surface area contributed by atoms with Crippen LogP contribution in [0.1, 0.15) is 52.9 Å². The molecule has 1 saturated heterocycles. The van der Waals surface area contributed by atoms with Gasteiger partial charge in [0.25, 0.3) is 0 Å². The van der Waals surface area contributed by atoms with Crippen LogP contribution in [0.25, 0.3) is 17.3 Å². The van der Waals surface area contributed by atoms with Gasteiger partial charge >= 0.3 is 6.18 Å². The van der Waals surface area contributed by atoms with E-state index in [1.165, 1.54) is 6.08 Å². The van der Waals surface area contributed by atoms with Crippen molar-refractivity contribution in [3.05, 3.63) is 72.5 Å². The number of pyridine rings is 1. The number of likely N-dealkylation sites (tertiary alicyclic amines) is 1. The Bertz CT molecular complexity index is 1260. The number of nitrogens with two attached hydrogens (primary N) is 1. The van der Waals surface area contributed by atoms with Crippen LogP contribution in [-0.4, -0.2) is 60.2 Å². The van der Waals surface area contributed by atoms with Gasteiger partial charge in [-0.3, -0.25) is 4.79 Å². The van der Waals surface area contributed by atoms with Crippen LogP contribution in [0, 0.1) is 0 Å². The van der Waals surface area contributed by atoms with Gasteiger partial charge in [0.05, 0.1) is 11.3 Å². The van der Waals surface area contributed by atoms with E-state index in [0.717, 1.165) is 31.6 Å². The predicted molar refractivity (Wildman–Crippen MR) is 151 cm³/mol. The zero-order chi connectivity index (χ0) is 28.3. The van der Waals surface area contributed by atoms with Gasteiger partial charge in [-0.1, -0.05) is 31.9 Å². The molecule has 1 amide bonds. The summed E-state index contributed by atoms with van der Waals surface area (Å²) in [5.41, 5.74) is 6.56. The number of carbonyl (C=O) groups excluding carboxylic acids is 1. The summed E-state index contributed by atoms with van der Waals surface area (Å²) < 4.78 is 41.2. The first-order valence-corrected chi connectivity index (χ1v) is 13.0. The van der Waals surface area contributed by atoms with Crippen LogP contribution in [0.3, 0.4) is 0 Å². The second kappa shape index (κ2) is 11.5. The summed E-state index contributed by atoms with van der Waals surface area (Å²) in [6.45, 7) is 13.1. The Morgan fingerprint density at radius 3 is 2.38 bits per heavy atom. The van der Waals surface area contributed by atoms with E-state index in [-0.39, 0.29) is 29.4 Å². The Kier molecular flexibility index (Phi) is 8.34. The number of hydrogen-bond acceptors (Lipinski definition) is 6. The average Bonchev–Trinajstić information content (AvgIpc) is 2.87. The minimum absolute atomic E-state index is 0.00105. The van der Waals surface area contributed by atoms with Crippen LogP contribution in [0.4, 0.5) is 24.7 Å². The molecule has 2 aromatic rings. The van der Waals surface area contributed by atoms with Gasteiger partial charge in [0.2, 0.25) is 5.91 Å². The number of hydrogen-bond donors (Lipinski definition) is 4. The van der Waals surface area contributed by atoms with E-state index in [1.54, 1.807) is 24.3 Å². The first kappa shape index (κ1) is 28.2. The van der Waals surface area contributed by atoms with E-state index < -0.39 is 17.7 Å². The van der Waals surface area contributed by atoms with Gasteiger partial charge in [-0.25, -0.2) is 4.98 Å². The topological polar surface area (TPSA) is 95.3 Å². The van der Waals surface area contributed by atoms with Crippen LogP contribution >= 0.6 is 0 Å². The summed E-state index contributed by atoms with van der Waals surface area (Å²) in [7, 11) is 2.06. The molecule has 2 heterocycles. The van der Waals surface area contributed by atoms with Crippen LogP contribution in [-0.2, 0) is 0 Å². The Morgan fingerprint density at radius 1 is 1.10 bits per heavy atom. The molecule has 2 aliphatic rings. The predicted octanol–water partition coefficient (Wildman–Crippen LogP) is 5.11. The van der Waals surface area contributed by atoms with Gasteiger partial charge < -0.3 is 26.6 Å². The summed E-state index contributed by atoms with van der Waals surface area (Å²) in [6.07, 6.45) is -0.0134. The van der Waals surface area contributed by atoms with Crippen LogP contribution < -0.4 is 21.7 Å². The van der Waals surface area contributed by atoms with E-state index >= 15 is 0 Å². The number of primary amides is 1. The Morgan fingerprint density at radius 2 is 1.77 bits per heavy atom. The van der Waals surface area contributed by atoms with E-state index in [4.69, 9.17) is 5.73 Å². The molecule has 0 radical (unpaired) electrons. The number of anilines is 2. The highest BCUT2D eigenvalue weighted by molar-refractivity contribution is 5.93. The van der Waals surface area contributed by atoms with Gasteiger partial charge in [0, 0.05) is 46.2 Å². The zero-order valence-corrected chi connectivity index (χ0v) is 22.1. The summed E-state index contributed by atoms with van der Waals surface area (Å²) >= 11 is 0. The normalized spacial score (nSPS) is 20.0. The lowest BCUT2D eigenvalue weighted by molar-refractivity contribution is -0.0689. The Labute approximate surface area is 227 Å². The van der Waals surface area contributed by atoms with E-state index in [0.29, 0.717) is 35.5 Å². The first-order valence-electron chi connectivity index (χ1n) is 13.0. The molecule has 5 N–H and O–H groups in total. The highest BCUT2D eigenvalue weighted by Crippen LogP contribution is 2.37. The minimum atomic E-state index is -4.64. The molecule has 0 unspecified atom stereocenters. The third-order valence-electron chi connectivity index (χ3n) is 7.32. The minimum Gasteiger partial charge on any atom is -0.382 e. The summed E-state index contributed by atoms with van der Waals surface area (Å²) in [5.74, 6) is -0.179. The summed E-state index contributed by atoms with van der Waals surface area (Å²) in [5, 5.41) is 10.1. The third kappa shape index (κ3) is 6.81. The van der Waals surface area contributed by atoms with Crippen molar-refractivity contribution >= 4 is 34.8 Å². The molecule has 39 heavy (non-hydrogen) atoms. The number of nitrogens with zero attached hydrogens (tertiary/aromatic N) is 2. The van der Waals surface area contributed by atoms with Crippen molar-refractivity contribution in [3.8, 4) is 0 Å². The van der Waals surface area contributed by atoms with Crippen molar-refractivity contribution in [2.75, 3.05) is 30.8 Å². The fourth-order valence-corrected chi connectivity index (χ4v) is 4.99. The van der Waals surface area contributed by atoms with Crippen molar-refractivity contribution in [2.24, 2.45) is 5.73 Å². The van der Waals surface area contributed by atoms with Crippen molar-refractivity contribution in [1.82, 2.24) is 15.2 Å². The molecule has 4 rings (SSSR count). The summed E-state index contributed by atoms with van der Waals surface area (Å²) in [4.78, 5) is 18.0. The fraction of sp³-hybridized carbons (Fsp3) is 0.379. The number of piperidine rings is 1. The molecule has 1 saturated carbocycles. The lowest BCUT2D eigenvalue weighted by atomic mass is 9.86. The van der Waals surface area contributed by atoms with Crippen LogP contribution in [0.15, 0.2) is 50.1 Å². The van der Waals surface area contributed by atoms with E-state index in [2.05, 4.69) is 52.6 Å². The molecule has 7 nitrogen and oxygen atoms in total. The molecule has 1 aliphatic heterocycles. The second-order valence-electron chi connectivity index (χ2n) is 10.3. The molecule has 1 aromatic heterocycles. The average molecular weight is 541 g/mol. The lowest BCUT2D eigenvalue weighted by Crippen LogP contribution is -2.44. The molecule has 1 aromatic carbocycles. The van der Waals surface area contributed by atoms with Crippen molar-refractivity contribution in [2.45, 2.75) is 50.0 Å². The smallest absolute Gasteiger partial charge is 0.382 e. The first-order chi connectivity index (χ1) is 18.4. The van der Waals surface area contributed by atoms with Gasteiger partial charge in [-0.15, -0.1) is 0 Å². The number of nitrogens with one attached hydrogen (secondary N) is 3. The maximum absolute atomic E-state index is 13.7. The number of halogens is 3. The quantitative estimate of drug-likeness (QED) is 0.335. The number of alkyl halides is 3.